The van der Waals surface area contributed by atoms with Crippen LogP contribution in [0, 0.1) is 0 Å². The predicted molar refractivity (Wildman–Crippen MR) is 160 cm³/mol. The van der Waals surface area contributed by atoms with Crippen LogP contribution < -0.4 is 21.0 Å². The van der Waals surface area contributed by atoms with E-state index < -0.39 is 8.32 Å². The zero-order valence-corrected chi connectivity index (χ0v) is 23.9. The first kappa shape index (κ1) is 25.7. The number of anilines is 2. The average molecular weight is 528 g/mol. The highest BCUT2D eigenvalue weighted by atomic mass is 32.1. The van der Waals surface area contributed by atoms with E-state index in [1.807, 2.05) is 0 Å². The van der Waals surface area contributed by atoms with Gasteiger partial charge in [0.05, 0.1) is 11.7 Å². The van der Waals surface area contributed by atoms with Gasteiger partial charge in [-0.3, -0.25) is 0 Å². The number of rotatable bonds is 8. The van der Waals surface area contributed by atoms with Crippen LogP contribution in [-0.4, -0.2) is 26.5 Å². The molecule has 0 radical (unpaired) electrons. The molecule has 3 aromatic carbocycles. The van der Waals surface area contributed by atoms with Gasteiger partial charge in [-0.25, -0.2) is 4.98 Å². The summed E-state index contributed by atoms with van der Waals surface area (Å²) in [7, 11) is -2.50. The Balaban J connectivity index is 1.33. The van der Waals surface area contributed by atoms with Crippen molar-refractivity contribution in [2.24, 2.45) is 0 Å². The van der Waals surface area contributed by atoms with Crippen molar-refractivity contribution in [3.05, 3.63) is 102 Å². The number of hydrogen-bond acceptors (Lipinski definition) is 5. The lowest BCUT2D eigenvalue weighted by molar-refractivity contribution is 0.302. The smallest absolute Gasteiger partial charge is 0.261 e. The van der Waals surface area contributed by atoms with Gasteiger partial charge >= 0.3 is 0 Å². The van der Waals surface area contributed by atoms with Crippen LogP contribution in [0.5, 0.6) is 0 Å². The fraction of sp³-hybridized carbons (Fsp3) is 0.323. The molecule has 0 aliphatic carbocycles. The number of nitrogens with two attached hydrogens (primary N) is 1. The van der Waals surface area contributed by atoms with Crippen molar-refractivity contribution in [1.82, 2.24) is 4.98 Å². The Kier molecular flexibility index (Phi) is 7.51. The van der Waals surface area contributed by atoms with Gasteiger partial charge in [0.1, 0.15) is 0 Å². The Hall–Kier alpha value is -2.93. The zero-order chi connectivity index (χ0) is 25.9. The van der Waals surface area contributed by atoms with E-state index in [2.05, 4.69) is 121 Å². The number of nitrogen functional groups attached to an aromatic ring is 1. The molecule has 1 aliphatic rings. The van der Waals surface area contributed by atoms with Crippen molar-refractivity contribution >= 4 is 40.8 Å². The molecular weight excluding hydrogens is 491 g/mol. The minimum Gasteiger partial charge on any atom is -0.407 e. The average Bonchev–Trinajstić information content (AvgIpc) is 3.56. The monoisotopic (exact) mass is 527 g/mol. The highest BCUT2D eigenvalue weighted by molar-refractivity contribution is 7.13. The maximum atomic E-state index is 7.09. The molecule has 37 heavy (non-hydrogen) atoms. The van der Waals surface area contributed by atoms with Crippen molar-refractivity contribution < 1.29 is 4.43 Å². The second kappa shape index (κ2) is 10.8. The van der Waals surface area contributed by atoms with Gasteiger partial charge < -0.3 is 15.1 Å². The van der Waals surface area contributed by atoms with E-state index >= 15 is 0 Å². The van der Waals surface area contributed by atoms with Gasteiger partial charge in [-0.2, -0.15) is 0 Å². The van der Waals surface area contributed by atoms with Crippen molar-refractivity contribution in [1.29, 1.82) is 0 Å². The molecule has 4 aromatic rings. The Labute approximate surface area is 226 Å². The number of aromatic nitrogens is 1. The van der Waals surface area contributed by atoms with E-state index in [0.29, 0.717) is 17.8 Å². The molecule has 1 fully saturated rings. The molecule has 192 valence electrons. The molecule has 1 saturated heterocycles. The molecule has 6 heteroatoms. The molecule has 0 spiro atoms. The molecule has 5 rings (SSSR count). The summed E-state index contributed by atoms with van der Waals surface area (Å²) in [6, 6.07) is 31.1. The molecule has 2 heterocycles. The maximum absolute atomic E-state index is 7.09. The van der Waals surface area contributed by atoms with E-state index in [9.17, 15) is 0 Å². The van der Waals surface area contributed by atoms with Crippen LogP contribution in [0.2, 0.25) is 5.04 Å². The molecule has 1 aliphatic heterocycles. The van der Waals surface area contributed by atoms with E-state index in [1.165, 1.54) is 39.4 Å². The minimum absolute atomic E-state index is 0.0105. The fourth-order valence-electron chi connectivity index (χ4n) is 5.77. The van der Waals surface area contributed by atoms with Gasteiger partial charge in [0, 0.05) is 24.2 Å². The lowest BCUT2D eigenvalue weighted by Crippen LogP contribution is -2.66. The van der Waals surface area contributed by atoms with Gasteiger partial charge in [0.25, 0.3) is 8.32 Å². The maximum Gasteiger partial charge on any atom is 0.261 e. The van der Waals surface area contributed by atoms with Crippen LogP contribution in [0.4, 0.5) is 10.8 Å². The predicted octanol–water partition coefficient (Wildman–Crippen LogP) is 6.19. The summed E-state index contributed by atoms with van der Waals surface area (Å²) < 4.78 is 7.09. The zero-order valence-electron chi connectivity index (χ0n) is 22.1. The number of thiazole rings is 1. The van der Waals surface area contributed by atoms with E-state index in [4.69, 9.17) is 10.2 Å². The number of hydrogen-bond donors (Lipinski definition) is 1. The first-order valence-electron chi connectivity index (χ1n) is 13.2. The van der Waals surface area contributed by atoms with Crippen molar-refractivity contribution in [3.63, 3.8) is 0 Å². The van der Waals surface area contributed by atoms with Gasteiger partial charge in [0.15, 0.2) is 5.13 Å². The summed E-state index contributed by atoms with van der Waals surface area (Å²) >= 11 is 1.53. The molecule has 2 N–H and O–H groups in total. The normalized spacial score (nSPS) is 16.3. The van der Waals surface area contributed by atoms with Gasteiger partial charge in [-0.05, 0) is 52.4 Å². The number of nitrogens with zero attached hydrogens (tertiary/aromatic N) is 2. The van der Waals surface area contributed by atoms with Crippen molar-refractivity contribution in [3.8, 4) is 0 Å². The second-order valence-corrected chi connectivity index (χ2v) is 16.1. The highest BCUT2D eigenvalue weighted by Gasteiger charge is 2.49. The third kappa shape index (κ3) is 5.24. The Morgan fingerprint density at radius 2 is 1.57 bits per heavy atom. The first-order valence-corrected chi connectivity index (χ1v) is 16.0. The summed E-state index contributed by atoms with van der Waals surface area (Å²) in [5, 5.41) is 5.40. The Bertz CT molecular complexity index is 1250. The molecule has 0 saturated carbocycles. The van der Waals surface area contributed by atoms with Crippen LogP contribution in [-0.2, 0) is 10.8 Å². The molecule has 1 atom stereocenters. The largest absolute Gasteiger partial charge is 0.407 e. The van der Waals surface area contributed by atoms with Crippen LogP contribution >= 0.6 is 11.3 Å². The van der Waals surface area contributed by atoms with Crippen LogP contribution in [0.1, 0.15) is 50.9 Å². The topological polar surface area (TPSA) is 51.4 Å². The summed E-state index contributed by atoms with van der Waals surface area (Å²) in [6.07, 6.45) is 3.18. The van der Waals surface area contributed by atoms with Crippen molar-refractivity contribution in [2.75, 3.05) is 23.8 Å². The summed E-state index contributed by atoms with van der Waals surface area (Å²) in [4.78, 5) is 7.03. The Morgan fingerprint density at radius 1 is 0.946 bits per heavy atom. The van der Waals surface area contributed by atoms with Gasteiger partial charge in [0.2, 0.25) is 0 Å². The Morgan fingerprint density at radius 3 is 2.11 bits per heavy atom. The summed E-state index contributed by atoms with van der Waals surface area (Å²) in [5.74, 6) is 0. The van der Waals surface area contributed by atoms with E-state index in [-0.39, 0.29) is 5.04 Å². The molecule has 0 unspecified atom stereocenters. The lowest BCUT2D eigenvalue weighted by atomic mass is 10.1. The first-order chi connectivity index (χ1) is 17.9. The standard InChI is InChI=1S/C31H37N3OSSi/c1-31(2,3)37(26-11-6-4-7-12-26,27-13-8-5-9-14-27)35-22-20-24-16-18-25(19-17-24)34-21-10-15-29(34)28-23-36-30(32)33-28/h4-9,11-14,16-19,23,29H,10,15,20-22H2,1-3H3,(H2,32,33)/t29-/m1/s1. The number of benzene rings is 3. The minimum atomic E-state index is -2.50. The summed E-state index contributed by atoms with van der Waals surface area (Å²) in [5.41, 5.74) is 9.56. The van der Waals surface area contributed by atoms with E-state index in [0.717, 1.165) is 25.1 Å². The fourth-order valence-corrected chi connectivity index (χ4v) is 10.9. The lowest BCUT2D eigenvalue weighted by Gasteiger charge is -2.43. The SMILES string of the molecule is CC(C)(C)[Si](OCCc1ccc(N2CCC[C@@H]2c2csc(N)n2)cc1)(c1ccccc1)c1ccccc1. The molecule has 4 nitrogen and oxygen atoms in total. The summed E-state index contributed by atoms with van der Waals surface area (Å²) in [6.45, 7) is 8.73. The third-order valence-corrected chi connectivity index (χ3v) is 13.3. The molecule has 0 bridgehead atoms. The van der Waals surface area contributed by atoms with Crippen LogP contribution in [0.25, 0.3) is 0 Å². The van der Waals surface area contributed by atoms with Crippen LogP contribution in [0.15, 0.2) is 90.3 Å². The van der Waals surface area contributed by atoms with E-state index in [1.54, 1.807) is 0 Å². The quantitative estimate of drug-likeness (QED) is 0.278. The van der Waals surface area contributed by atoms with Crippen molar-refractivity contribution in [2.45, 2.75) is 51.1 Å². The van der Waals surface area contributed by atoms with Crippen LogP contribution in [0.3, 0.4) is 0 Å². The van der Waals surface area contributed by atoms with Gasteiger partial charge in [-0.15, -0.1) is 11.3 Å². The third-order valence-electron chi connectivity index (χ3n) is 7.53. The van der Waals surface area contributed by atoms with Gasteiger partial charge in [-0.1, -0.05) is 93.6 Å². The highest BCUT2D eigenvalue weighted by Crippen LogP contribution is 2.38. The molecular formula is C31H37N3OSSi. The molecule has 0 amide bonds. The molecule has 1 aromatic heterocycles. The second-order valence-electron chi connectivity index (χ2n) is 10.9.